The number of rotatable bonds is 8. The van der Waals surface area contributed by atoms with Crippen LogP contribution in [0.25, 0.3) is 0 Å². The molecule has 1 aromatic rings. The minimum absolute atomic E-state index is 0.0384. The van der Waals surface area contributed by atoms with E-state index in [0.29, 0.717) is 11.4 Å². The Kier molecular flexibility index (Phi) is 6.65. The van der Waals surface area contributed by atoms with E-state index in [1.807, 2.05) is 33.8 Å². The molecule has 0 bridgehead atoms. The van der Waals surface area contributed by atoms with Crippen molar-refractivity contribution in [1.29, 1.82) is 0 Å². The summed E-state index contributed by atoms with van der Waals surface area (Å²) in [6.07, 6.45) is 1.80. The lowest BCUT2D eigenvalue weighted by Crippen LogP contribution is -2.32. The average Bonchev–Trinajstić information content (AvgIpc) is 2.37. The van der Waals surface area contributed by atoms with Crippen LogP contribution in [0, 0.1) is 6.92 Å². The monoisotopic (exact) mass is 298 g/mol. The van der Waals surface area contributed by atoms with Gasteiger partial charge in [-0.3, -0.25) is 0 Å². The highest BCUT2D eigenvalue weighted by atomic mass is 32.2. The van der Waals surface area contributed by atoms with Crippen LogP contribution in [0.2, 0.25) is 0 Å². The molecule has 0 spiro atoms. The van der Waals surface area contributed by atoms with E-state index < -0.39 is 10.0 Å². The third kappa shape index (κ3) is 4.89. The molecule has 20 heavy (non-hydrogen) atoms. The van der Waals surface area contributed by atoms with Gasteiger partial charge < -0.3 is 5.32 Å². The Labute approximate surface area is 123 Å². The molecule has 1 atom stereocenters. The zero-order valence-electron chi connectivity index (χ0n) is 12.9. The Bertz CT molecular complexity index is 527. The molecule has 0 saturated heterocycles. The number of nitrogens with one attached hydrogen (secondary N) is 2. The topological polar surface area (TPSA) is 58.2 Å². The molecule has 0 aliphatic rings. The lowest BCUT2D eigenvalue weighted by Gasteiger charge is -2.15. The Balaban J connectivity index is 2.94. The molecular weight excluding hydrogens is 272 g/mol. The highest BCUT2D eigenvalue weighted by Gasteiger charge is 2.17. The molecule has 0 heterocycles. The molecule has 0 saturated carbocycles. The first-order valence-corrected chi connectivity index (χ1v) is 8.71. The Hall–Kier alpha value is -0.910. The molecular formula is C15H26N2O2S. The van der Waals surface area contributed by atoms with Crippen LogP contribution in [0.4, 0.5) is 0 Å². The van der Waals surface area contributed by atoms with E-state index >= 15 is 0 Å². The first-order valence-electron chi connectivity index (χ1n) is 7.23. The van der Waals surface area contributed by atoms with E-state index in [1.54, 1.807) is 12.1 Å². The number of benzene rings is 1. The summed E-state index contributed by atoms with van der Waals surface area (Å²) in [6.45, 7) is 9.53. The van der Waals surface area contributed by atoms with Crippen molar-refractivity contribution in [3.8, 4) is 0 Å². The fraction of sp³-hybridized carbons (Fsp3) is 0.600. The van der Waals surface area contributed by atoms with Crippen molar-refractivity contribution in [3.63, 3.8) is 0 Å². The molecule has 0 radical (unpaired) electrons. The van der Waals surface area contributed by atoms with Crippen LogP contribution < -0.4 is 10.0 Å². The van der Waals surface area contributed by atoms with E-state index in [-0.39, 0.29) is 6.04 Å². The van der Waals surface area contributed by atoms with Crippen LogP contribution in [0.1, 0.15) is 44.7 Å². The van der Waals surface area contributed by atoms with Gasteiger partial charge in [-0.1, -0.05) is 26.3 Å². The highest BCUT2D eigenvalue weighted by Crippen LogP contribution is 2.16. The Morgan fingerprint density at radius 2 is 1.95 bits per heavy atom. The molecule has 2 N–H and O–H groups in total. The second-order valence-corrected chi connectivity index (χ2v) is 6.89. The number of aryl methyl sites for hydroxylation is 1. The first kappa shape index (κ1) is 17.1. The van der Waals surface area contributed by atoms with Gasteiger partial charge in [-0.15, -0.1) is 0 Å². The van der Waals surface area contributed by atoms with Crippen molar-refractivity contribution >= 4 is 10.0 Å². The number of hydrogen-bond donors (Lipinski definition) is 2. The van der Waals surface area contributed by atoms with Crippen LogP contribution in [0.15, 0.2) is 23.1 Å². The molecule has 0 fully saturated rings. The van der Waals surface area contributed by atoms with Crippen LogP contribution in [0.3, 0.4) is 0 Å². The van der Waals surface area contributed by atoms with Crippen LogP contribution in [-0.4, -0.2) is 21.0 Å². The van der Waals surface area contributed by atoms with Crippen LogP contribution in [0.5, 0.6) is 0 Å². The smallest absolute Gasteiger partial charge is 0.240 e. The molecule has 1 aromatic carbocycles. The van der Waals surface area contributed by atoms with Gasteiger partial charge >= 0.3 is 0 Å². The van der Waals surface area contributed by atoms with Crippen molar-refractivity contribution < 1.29 is 8.42 Å². The summed E-state index contributed by atoms with van der Waals surface area (Å²) in [5, 5.41) is 3.23. The van der Waals surface area contributed by atoms with E-state index in [4.69, 9.17) is 0 Å². The predicted octanol–water partition coefficient (Wildman–Crippen LogP) is 2.57. The molecule has 114 valence electrons. The standard InChI is InChI=1S/C15H26N2O2S/c1-5-7-13(4)17-20(18,19)15-9-8-12(3)14(10-15)11-16-6-2/h8-10,13,16-17H,5-7,11H2,1-4H3. The quantitative estimate of drug-likeness (QED) is 0.775. The summed E-state index contributed by atoms with van der Waals surface area (Å²) in [7, 11) is -3.42. The van der Waals surface area contributed by atoms with Crippen molar-refractivity contribution in [2.75, 3.05) is 6.54 Å². The molecule has 1 rings (SSSR count). The van der Waals surface area contributed by atoms with Gasteiger partial charge in [0.25, 0.3) is 0 Å². The number of hydrogen-bond acceptors (Lipinski definition) is 3. The summed E-state index contributed by atoms with van der Waals surface area (Å²) in [5.74, 6) is 0. The first-order chi connectivity index (χ1) is 9.40. The van der Waals surface area contributed by atoms with Gasteiger partial charge in [-0.25, -0.2) is 13.1 Å². The molecule has 1 unspecified atom stereocenters. The normalized spacial score (nSPS) is 13.4. The van der Waals surface area contributed by atoms with Gasteiger partial charge in [-0.2, -0.15) is 0 Å². The van der Waals surface area contributed by atoms with Crippen molar-refractivity contribution in [1.82, 2.24) is 10.0 Å². The third-order valence-electron chi connectivity index (χ3n) is 3.27. The molecule has 0 aliphatic heterocycles. The van der Waals surface area contributed by atoms with Gasteiger partial charge in [0.1, 0.15) is 0 Å². The SMILES string of the molecule is CCCC(C)NS(=O)(=O)c1ccc(C)c(CNCC)c1. The summed E-state index contributed by atoms with van der Waals surface area (Å²) >= 11 is 0. The molecule has 0 aromatic heterocycles. The molecule has 0 aliphatic carbocycles. The molecule has 4 nitrogen and oxygen atoms in total. The Morgan fingerprint density at radius 3 is 2.55 bits per heavy atom. The van der Waals surface area contributed by atoms with Gasteiger partial charge in [0, 0.05) is 12.6 Å². The summed E-state index contributed by atoms with van der Waals surface area (Å²) in [5.41, 5.74) is 2.13. The van der Waals surface area contributed by atoms with E-state index in [0.717, 1.165) is 30.5 Å². The average molecular weight is 298 g/mol. The molecule has 0 amide bonds. The second-order valence-electron chi connectivity index (χ2n) is 5.18. The lowest BCUT2D eigenvalue weighted by atomic mass is 10.1. The summed E-state index contributed by atoms with van der Waals surface area (Å²) < 4.78 is 27.4. The van der Waals surface area contributed by atoms with Gasteiger partial charge in [0.15, 0.2) is 0 Å². The highest BCUT2D eigenvalue weighted by molar-refractivity contribution is 7.89. The zero-order valence-corrected chi connectivity index (χ0v) is 13.7. The maximum atomic E-state index is 12.3. The van der Waals surface area contributed by atoms with Crippen LogP contribution in [-0.2, 0) is 16.6 Å². The van der Waals surface area contributed by atoms with Gasteiger partial charge in [0.05, 0.1) is 4.90 Å². The molecule has 5 heteroatoms. The minimum Gasteiger partial charge on any atom is -0.313 e. The van der Waals surface area contributed by atoms with Crippen molar-refractivity contribution in [2.45, 2.75) is 58.0 Å². The van der Waals surface area contributed by atoms with Gasteiger partial charge in [0.2, 0.25) is 10.0 Å². The third-order valence-corrected chi connectivity index (χ3v) is 4.86. The minimum atomic E-state index is -3.42. The second kappa shape index (κ2) is 7.76. The summed E-state index contributed by atoms with van der Waals surface area (Å²) in [4.78, 5) is 0.346. The fourth-order valence-electron chi connectivity index (χ4n) is 2.09. The fourth-order valence-corrected chi connectivity index (χ4v) is 3.42. The van der Waals surface area contributed by atoms with E-state index in [2.05, 4.69) is 10.0 Å². The van der Waals surface area contributed by atoms with E-state index in [1.165, 1.54) is 0 Å². The van der Waals surface area contributed by atoms with Gasteiger partial charge in [-0.05, 0) is 50.1 Å². The van der Waals surface area contributed by atoms with Crippen LogP contribution >= 0.6 is 0 Å². The lowest BCUT2D eigenvalue weighted by molar-refractivity contribution is 0.543. The maximum absolute atomic E-state index is 12.3. The zero-order chi connectivity index (χ0) is 15.2. The Morgan fingerprint density at radius 1 is 1.25 bits per heavy atom. The number of sulfonamides is 1. The largest absolute Gasteiger partial charge is 0.313 e. The van der Waals surface area contributed by atoms with Crippen molar-refractivity contribution in [3.05, 3.63) is 29.3 Å². The summed E-state index contributed by atoms with van der Waals surface area (Å²) in [6, 6.07) is 5.26. The predicted molar refractivity (Wildman–Crippen MR) is 83.3 cm³/mol. The van der Waals surface area contributed by atoms with E-state index in [9.17, 15) is 8.42 Å². The maximum Gasteiger partial charge on any atom is 0.240 e. The van der Waals surface area contributed by atoms with Crippen molar-refractivity contribution in [2.24, 2.45) is 0 Å².